The van der Waals surface area contributed by atoms with Gasteiger partial charge in [0.15, 0.2) is 0 Å². The number of aromatic nitrogens is 2. The average molecular weight is 402 g/mol. The van der Waals surface area contributed by atoms with Crippen molar-refractivity contribution in [3.8, 4) is 5.88 Å². The van der Waals surface area contributed by atoms with Gasteiger partial charge in [0.25, 0.3) is 0 Å². The Kier molecular flexibility index (Phi) is 3.31. The fourth-order valence-corrected chi connectivity index (χ4v) is 5.00. The standard InChI is InChI=1S/C24H17ClN2O2/c25-18-12-10-17(11-13-18)24(16-6-2-1-3-7-16)23(14-15-23)27-22(29-24)20-9-5-4-8-19(20)21(28)26-27/h1-13H,14-15H2/p+1. The van der Waals surface area contributed by atoms with Gasteiger partial charge in [0.2, 0.25) is 11.1 Å². The summed E-state index contributed by atoms with van der Waals surface area (Å²) in [6.07, 6.45) is 1.83. The maximum Gasteiger partial charge on any atom is 0.402 e. The van der Waals surface area contributed by atoms with Crippen LogP contribution in [0.15, 0.2) is 83.7 Å². The maximum atomic E-state index is 12.8. The fourth-order valence-electron chi connectivity index (χ4n) is 4.87. The van der Waals surface area contributed by atoms with Crippen LogP contribution in [0.2, 0.25) is 5.02 Å². The number of rotatable bonds is 2. The number of hydrogen-bond acceptors (Lipinski definition) is 2. The number of halogens is 1. The molecule has 4 aromatic rings. The number of aromatic amines is 1. The molecule has 2 heterocycles. The van der Waals surface area contributed by atoms with Gasteiger partial charge in [-0.2, -0.15) is 0 Å². The molecule has 2 aliphatic rings. The highest BCUT2D eigenvalue weighted by atomic mass is 35.5. The Labute approximate surface area is 172 Å². The van der Waals surface area contributed by atoms with E-state index < -0.39 is 5.60 Å². The summed E-state index contributed by atoms with van der Waals surface area (Å²) in [7, 11) is 0. The van der Waals surface area contributed by atoms with Gasteiger partial charge >= 0.3 is 11.4 Å². The van der Waals surface area contributed by atoms with Crippen molar-refractivity contribution in [2.75, 3.05) is 0 Å². The molecule has 0 radical (unpaired) electrons. The molecule has 1 aliphatic carbocycles. The van der Waals surface area contributed by atoms with Crippen LogP contribution in [0.25, 0.3) is 10.8 Å². The molecule has 1 spiro atoms. The third-order valence-electron chi connectivity index (χ3n) is 6.31. The summed E-state index contributed by atoms with van der Waals surface area (Å²) in [6.45, 7) is 0. The summed E-state index contributed by atoms with van der Waals surface area (Å²) >= 11 is 6.19. The molecule has 0 bridgehead atoms. The first-order valence-electron chi connectivity index (χ1n) is 9.74. The summed E-state index contributed by atoms with van der Waals surface area (Å²) < 4.78 is 8.87. The first-order valence-corrected chi connectivity index (χ1v) is 10.1. The Morgan fingerprint density at radius 2 is 1.45 bits per heavy atom. The maximum absolute atomic E-state index is 12.8. The molecule has 1 aliphatic heterocycles. The molecule has 29 heavy (non-hydrogen) atoms. The molecule has 142 valence electrons. The highest BCUT2D eigenvalue weighted by Crippen LogP contribution is 2.61. The molecular weight excluding hydrogens is 384 g/mol. The molecule has 1 atom stereocenters. The molecule has 1 saturated carbocycles. The SMILES string of the molecule is O=c1[nH][n+]2c(c3ccccc13)OC(c1ccccc1)(c1ccc(Cl)cc1)C21CC1. The monoisotopic (exact) mass is 401 g/mol. The zero-order valence-electron chi connectivity index (χ0n) is 15.6. The minimum absolute atomic E-state index is 0.0980. The van der Waals surface area contributed by atoms with Crippen LogP contribution in [0.4, 0.5) is 0 Å². The molecule has 3 aromatic carbocycles. The molecule has 6 rings (SSSR count). The number of fused-ring (bicyclic) bond motifs is 4. The Hall–Kier alpha value is -3.11. The smallest absolute Gasteiger partial charge is 0.402 e. The lowest BCUT2D eigenvalue weighted by atomic mass is 9.78. The van der Waals surface area contributed by atoms with Crippen molar-refractivity contribution in [1.29, 1.82) is 0 Å². The van der Waals surface area contributed by atoms with E-state index in [0.29, 0.717) is 16.3 Å². The van der Waals surface area contributed by atoms with E-state index >= 15 is 0 Å². The number of benzene rings is 3. The lowest BCUT2D eigenvalue weighted by molar-refractivity contribution is -0.781. The minimum Gasteiger partial charge on any atom is -0.418 e. The molecule has 1 aromatic heterocycles. The van der Waals surface area contributed by atoms with Crippen LogP contribution in [0.3, 0.4) is 0 Å². The van der Waals surface area contributed by atoms with Crippen molar-refractivity contribution < 1.29 is 9.42 Å². The van der Waals surface area contributed by atoms with E-state index in [-0.39, 0.29) is 11.1 Å². The van der Waals surface area contributed by atoms with Gasteiger partial charge in [0, 0.05) is 29.0 Å². The van der Waals surface area contributed by atoms with E-state index in [1.54, 1.807) is 0 Å². The van der Waals surface area contributed by atoms with E-state index in [1.807, 2.05) is 71.4 Å². The van der Waals surface area contributed by atoms with E-state index in [9.17, 15) is 4.79 Å². The van der Waals surface area contributed by atoms with Gasteiger partial charge in [-0.1, -0.05) is 70.9 Å². The van der Waals surface area contributed by atoms with Crippen molar-refractivity contribution in [3.63, 3.8) is 0 Å². The van der Waals surface area contributed by atoms with E-state index in [2.05, 4.69) is 17.2 Å². The van der Waals surface area contributed by atoms with Crippen molar-refractivity contribution in [3.05, 3.63) is 105 Å². The van der Waals surface area contributed by atoms with Crippen LogP contribution in [0.1, 0.15) is 24.0 Å². The molecule has 4 nitrogen and oxygen atoms in total. The topological polar surface area (TPSA) is 46.0 Å². The number of nitrogens with zero attached hydrogens (tertiary/aromatic N) is 1. The summed E-state index contributed by atoms with van der Waals surface area (Å²) in [4.78, 5) is 12.8. The van der Waals surface area contributed by atoms with E-state index in [4.69, 9.17) is 16.3 Å². The van der Waals surface area contributed by atoms with E-state index in [1.165, 1.54) is 0 Å². The Balaban J connectivity index is 1.71. The zero-order chi connectivity index (χ0) is 19.6. The van der Waals surface area contributed by atoms with Crippen LogP contribution in [0, 0.1) is 0 Å². The summed E-state index contributed by atoms with van der Waals surface area (Å²) in [5, 5.41) is 5.25. The van der Waals surface area contributed by atoms with Crippen molar-refractivity contribution in [2.24, 2.45) is 0 Å². The van der Waals surface area contributed by atoms with Crippen molar-refractivity contribution in [1.82, 2.24) is 5.10 Å². The number of nitrogens with one attached hydrogen (secondary N) is 1. The average Bonchev–Trinajstić information content (AvgIpc) is 3.51. The molecule has 1 unspecified atom stereocenters. The summed E-state index contributed by atoms with van der Waals surface area (Å²) in [5.74, 6) is 0.705. The summed E-state index contributed by atoms with van der Waals surface area (Å²) in [5.41, 5.74) is 0.881. The number of hydrogen-bond donors (Lipinski definition) is 1. The molecule has 1 N–H and O–H groups in total. The molecule has 5 heteroatoms. The second kappa shape index (κ2) is 5.71. The van der Waals surface area contributed by atoms with Gasteiger partial charge in [-0.3, -0.25) is 4.79 Å². The Morgan fingerprint density at radius 3 is 2.14 bits per heavy atom. The normalized spacial score (nSPS) is 21.1. The fraction of sp³-hybridized carbons (Fsp3) is 0.167. The van der Waals surface area contributed by atoms with Crippen molar-refractivity contribution in [2.45, 2.75) is 24.0 Å². The molecule has 1 fully saturated rings. The lowest BCUT2D eigenvalue weighted by Crippen LogP contribution is -2.57. The van der Waals surface area contributed by atoms with Crippen LogP contribution < -0.4 is 15.0 Å². The van der Waals surface area contributed by atoms with Gasteiger partial charge in [-0.05, 0) is 24.3 Å². The first-order chi connectivity index (χ1) is 14.2. The third-order valence-corrected chi connectivity index (χ3v) is 6.56. The minimum atomic E-state index is -0.737. The van der Waals surface area contributed by atoms with Crippen LogP contribution in [-0.4, -0.2) is 5.10 Å². The third kappa shape index (κ3) is 2.10. The van der Waals surface area contributed by atoms with Crippen LogP contribution in [0.5, 0.6) is 5.88 Å². The Morgan fingerprint density at radius 1 is 0.828 bits per heavy atom. The number of ether oxygens (including phenoxy) is 1. The second-order valence-electron chi connectivity index (χ2n) is 7.81. The van der Waals surface area contributed by atoms with E-state index in [0.717, 1.165) is 29.4 Å². The molecular formula is C24H18ClN2O2+. The largest absolute Gasteiger partial charge is 0.418 e. The summed E-state index contributed by atoms with van der Waals surface area (Å²) in [6, 6.07) is 25.7. The predicted octanol–water partition coefficient (Wildman–Crippen LogP) is 4.29. The van der Waals surface area contributed by atoms with Crippen LogP contribution >= 0.6 is 11.6 Å². The Bertz CT molecular complexity index is 1310. The van der Waals surface area contributed by atoms with Crippen molar-refractivity contribution >= 4 is 22.4 Å². The van der Waals surface area contributed by atoms with Gasteiger partial charge in [0.1, 0.15) is 5.39 Å². The predicted molar refractivity (Wildman–Crippen MR) is 111 cm³/mol. The molecule has 0 amide bonds. The highest BCUT2D eigenvalue weighted by Gasteiger charge is 2.77. The first kappa shape index (κ1) is 16.8. The van der Waals surface area contributed by atoms with Gasteiger partial charge in [-0.15, -0.1) is 5.10 Å². The highest BCUT2D eigenvalue weighted by molar-refractivity contribution is 6.30. The number of H-pyrrole nitrogens is 1. The lowest BCUT2D eigenvalue weighted by Gasteiger charge is -2.30. The van der Waals surface area contributed by atoms with Crippen LogP contribution in [-0.2, 0) is 11.1 Å². The quantitative estimate of drug-likeness (QED) is 0.509. The van der Waals surface area contributed by atoms with Gasteiger partial charge in [0.05, 0.1) is 5.39 Å². The molecule has 0 saturated heterocycles. The van der Waals surface area contributed by atoms with Gasteiger partial charge < -0.3 is 4.74 Å². The zero-order valence-corrected chi connectivity index (χ0v) is 16.3. The van der Waals surface area contributed by atoms with Gasteiger partial charge in [-0.25, -0.2) is 0 Å². The second-order valence-corrected chi connectivity index (χ2v) is 8.25.